The molecule has 0 radical (unpaired) electrons. The Bertz CT molecular complexity index is 332. The van der Waals surface area contributed by atoms with Crippen molar-refractivity contribution in [3.8, 4) is 0 Å². The molecule has 3 rings (SSSR count). The van der Waals surface area contributed by atoms with Gasteiger partial charge in [0.2, 0.25) is 0 Å². The lowest BCUT2D eigenvalue weighted by molar-refractivity contribution is -0.00751. The van der Waals surface area contributed by atoms with E-state index in [0.29, 0.717) is 17.6 Å². The molecule has 3 atom stereocenters. The van der Waals surface area contributed by atoms with E-state index in [1.807, 2.05) is 0 Å². The van der Waals surface area contributed by atoms with Crippen LogP contribution in [0, 0.1) is 11.8 Å². The Kier molecular flexibility index (Phi) is 4.92. The van der Waals surface area contributed by atoms with Gasteiger partial charge in [-0.25, -0.2) is 0 Å². The third kappa shape index (κ3) is 3.30. The summed E-state index contributed by atoms with van der Waals surface area (Å²) >= 11 is 0. The van der Waals surface area contributed by atoms with E-state index < -0.39 is 0 Å². The molecule has 122 valence electrons. The topological polar surface area (TPSA) is 24.5 Å². The summed E-state index contributed by atoms with van der Waals surface area (Å²) in [6.07, 6.45) is 8.26. The first kappa shape index (κ1) is 15.8. The maximum absolute atomic E-state index is 5.66. The number of hydrogen-bond acceptors (Lipinski definition) is 3. The van der Waals surface area contributed by atoms with Gasteiger partial charge in [0, 0.05) is 37.3 Å². The maximum Gasteiger partial charge on any atom is 0.0509 e. The Hall–Kier alpha value is -0.120. The molecular weight excluding hydrogens is 260 g/mol. The van der Waals surface area contributed by atoms with Crippen LogP contribution in [0.2, 0.25) is 0 Å². The zero-order valence-corrected chi connectivity index (χ0v) is 14.2. The number of ether oxygens (including phenoxy) is 1. The normalized spacial score (nSPS) is 35.4. The highest BCUT2D eigenvalue weighted by Crippen LogP contribution is 2.35. The van der Waals surface area contributed by atoms with Crippen LogP contribution in [-0.2, 0) is 4.74 Å². The van der Waals surface area contributed by atoms with Gasteiger partial charge < -0.3 is 10.1 Å². The fraction of sp³-hybridized carbons (Fsp3) is 1.00. The molecule has 2 saturated heterocycles. The first-order valence-corrected chi connectivity index (χ1v) is 9.20. The van der Waals surface area contributed by atoms with Crippen LogP contribution in [0.25, 0.3) is 0 Å². The predicted molar refractivity (Wildman–Crippen MR) is 87.5 cm³/mol. The highest BCUT2D eigenvalue weighted by molar-refractivity contribution is 5.02. The molecule has 3 unspecified atom stereocenters. The van der Waals surface area contributed by atoms with Crippen LogP contribution < -0.4 is 5.32 Å². The van der Waals surface area contributed by atoms with E-state index in [-0.39, 0.29) is 0 Å². The Morgan fingerprint density at radius 3 is 2.52 bits per heavy atom. The largest absolute Gasteiger partial charge is 0.381 e. The molecule has 3 heteroatoms. The molecule has 1 saturated carbocycles. The van der Waals surface area contributed by atoms with Gasteiger partial charge in [-0.3, -0.25) is 4.90 Å². The molecular formula is C18H34N2O. The van der Waals surface area contributed by atoms with E-state index >= 15 is 0 Å². The summed E-state index contributed by atoms with van der Waals surface area (Å²) in [6, 6.07) is 1.36. The molecule has 0 aromatic carbocycles. The number of piperazine rings is 1. The second-order valence-electron chi connectivity index (χ2n) is 8.07. The van der Waals surface area contributed by atoms with Gasteiger partial charge in [-0.1, -0.05) is 33.1 Å². The monoisotopic (exact) mass is 294 g/mol. The van der Waals surface area contributed by atoms with Gasteiger partial charge >= 0.3 is 0 Å². The molecule has 21 heavy (non-hydrogen) atoms. The van der Waals surface area contributed by atoms with E-state index in [9.17, 15) is 0 Å². The van der Waals surface area contributed by atoms with Crippen LogP contribution in [0.5, 0.6) is 0 Å². The summed E-state index contributed by atoms with van der Waals surface area (Å²) in [6.45, 7) is 11.6. The first-order valence-electron chi connectivity index (χ1n) is 9.20. The molecule has 1 aliphatic carbocycles. The molecule has 3 fully saturated rings. The van der Waals surface area contributed by atoms with Crippen molar-refractivity contribution < 1.29 is 4.74 Å². The number of hydrogen-bond donors (Lipinski definition) is 1. The Balaban J connectivity index is 1.74. The number of rotatable bonds is 3. The molecule has 0 bridgehead atoms. The second-order valence-corrected chi connectivity index (χ2v) is 8.07. The maximum atomic E-state index is 5.66. The zero-order valence-electron chi connectivity index (χ0n) is 14.2. The fourth-order valence-electron chi connectivity index (χ4n) is 4.79. The molecule has 0 amide bonds. The van der Waals surface area contributed by atoms with Crippen molar-refractivity contribution in [2.45, 2.75) is 76.9 Å². The summed E-state index contributed by atoms with van der Waals surface area (Å²) < 4.78 is 5.66. The molecule has 3 nitrogen and oxygen atoms in total. The van der Waals surface area contributed by atoms with E-state index in [0.717, 1.165) is 25.0 Å². The minimum absolute atomic E-state index is 0.414. The fourth-order valence-corrected chi connectivity index (χ4v) is 4.79. The molecule has 2 heterocycles. The van der Waals surface area contributed by atoms with E-state index in [1.165, 1.54) is 51.6 Å². The average molecular weight is 294 g/mol. The van der Waals surface area contributed by atoms with Gasteiger partial charge in [-0.15, -0.1) is 0 Å². The molecule has 1 N–H and O–H groups in total. The van der Waals surface area contributed by atoms with Crippen molar-refractivity contribution in [2.75, 3.05) is 26.3 Å². The summed E-state index contributed by atoms with van der Waals surface area (Å²) in [7, 11) is 0. The zero-order chi connectivity index (χ0) is 14.9. The highest BCUT2D eigenvalue weighted by Gasteiger charge is 2.43. The molecule has 0 aromatic rings. The standard InChI is InChI=1S/C18H34N2O/c1-14(2)17-11-19-18(8-5-4-6-9-18)13-20(17)15(3)16-7-10-21-12-16/h14-17,19H,4-13H2,1-3H3. The van der Waals surface area contributed by atoms with Crippen molar-refractivity contribution in [3.63, 3.8) is 0 Å². The smallest absolute Gasteiger partial charge is 0.0509 e. The summed E-state index contributed by atoms with van der Waals surface area (Å²) in [5.41, 5.74) is 0.414. The van der Waals surface area contributed by atoms with Crippen molar-refractivity contribution in [1.29, 1.82) is 0 Å². The van der Waals surface area contributed by atoms with Crippen LogP contribution in [0.15, 0.2) is 0 Å². The second kappa shape index (κ2) is 6.55. The lowest BCUT2D eigenvalue weighted by atomic mass is 9.77. The molecule has 1 spiro atoms. The minimum Gasteiger partial charge on any atom is -0.381 e. The van der Waals surface area contributed by atoms with E-state index in [4.69, 9.17) is 4.74 Å². The number of nitrogens with zero attached hydrogens (tertiary/aromatic N) is 1. The third-order valence-electron chi connectivity index (χ3n) is 6.35. The van der Waals surface area contributed by atoms with Crippen LogP contribution in [0.3, 0.4) is 0 Å². The Labute approximate surface area is 130 Å². The van der Waals surface area contributed by atoms with Gasteiger partial charge in [-0.05, 0) is 38.0 Å². The lowest BCUT2D eigenvalue weighted by Crippen LogP contribution is -2.68. The Morgan fingerprint density at radius 2 is 1.90 bits per heavy atom. The van der Waals surface area contributed by atoms with Gasteiger partial charge in [0.05, 0.1) is 6.61 Å². The van der Waals surface area contributed by atoms with Crippen LogP contribution in [-0.4, -0.2) is 48.8 Å². The number of nitrogens with one attached hydrogen (secondary N) is 1. The van der Waals surface area contributed by atoms with E-state index in [2.05, 4.69) is 31.0 Å². The summed E-state index contributed by atoms with van der Waals surface area (Å²) in [5.74, 6) is 1.47. The minimum atomic E-state index is 0.414. The summed E-state index contributed by atoms with van der Waals surface area (Å²) in [4.78, 5) is 2.85. The van der Waals surface area contributed by atoms with Crippen LogP contribution >= 0.6 is 0 Å². The van der Waals surface area contributed by atoms with Gasteiger partial charge in [-0.2, -0.15) is 0 Å². The first-order chi connectivity index (χ1) is 10.1. The third-order valence-corrected chi connectivity index (χ3v) is 6.35. The van der Waals surface area contributed by atoms with Crippen molar-refractivity contribution in [3.05, 3.63) is 0 Å². The average Bonchev–Trinajstić information content (AvgIpc) is 3.01. The molecule has 3 aliphatic rings. The summed E-state index contributed by atoms with van der Waals surface area (Å²) in [5, 5.41) is 3.97. The SMILES string of the molecule is CC(C)C1CNC2(CCCCC2)CN1C(C)C1CCOC1. The van der Waals surface area contributed by atoms with Crippen molar-refractivity contribution >= 4 is 0 Å². The molecule has 2 aliphatic heterocycles. The quantitative estimate of drug-likeness (QED) is 0.866. The van der Waals surface area contributed by atoms with Gasteiger partial charge in [0.25, 0.3) is 0 Å². The van der Waals surface area contributed by atoms with E-state index in [1.54, 1.807) is 0 Å². The van der Waals surface area contributed by atoms with Crippen LogP contribution in [0.1, 0.15) is 59.3 Å². The van der Waals surface area contributed by atoms with Gasteiger partial charge in [0.1, 0.15) is 0 Å². The lowest BCUT2D eigenvalue weighted by Gasteiger charge is -2.53. The Morgan fingerprint density at radius 1 is 1.14 bits per heavy atom. The van der Waals surface area contributed by atoms with Crippen molar-refractivity contribution in [2.24, 2.45) is 11.8 Å². The van der Waals surface area contributed by atoms with Crippen molar-refractivity contribution in [1.82, 2.24) is 10.2 Å². The predicted octanol–water partition coefficient (Wildman–Crippen LogP) is 3.04. The molecule has 0 aromatic heterocycles. The van der Waals surface area contributed by atoms with Gasteiger partial charge in [0.15, 0.2) is 0 Å². The van der Waals surface area contributed by atoms with Crippen LogP contribution in [0.4, 0.5) is 0 Å². The highest BCUT2D eigenvalue weighted by atomic mass is 16.5.